The highest BCUT2D eigenvalue weighted by molar-refractivity contribution is 9.10. The molecule has 0 bridgehead atoms. The van der Waals surface area contributed by atoms with Crippen LogP contribution in [0.1, 0.15) is 11.7 Å². The van der Waals surface area contributed by atoms with Gasteiger partial charge in [0, 0.05) is 16.7 Å². The second-order valence-electron chi connectivity index (χ2n) is 4.16. The van der Waals surface area contributed by atoms with Crippen LogP contribution >= 0.6 is 15.9 Å². The molecule has 2 aromatic rings. The molecule has 2 aromatic carbocycles. The maximum absolute atomic E-state index is 13.5. The van der Waals surface area contributed by atoms with E-state index < -0.39 is 29.1 Å². The number of nitrogens with one attached hydrogen (secondary N) is 1. The maximum atomic E-state index is 13.5. The van der Waals surface area contributed by atoms with Crippen molar-refractivity contribution in [2.24, 2.45) is 0 Å². The molecule has 0 heterocycles. The molecule has 0 aliphatic rings. The lowest BCUT2D eigenvalue weighted by Crippen LogP contribution is -2.15. The summed E-state index contributed by atoms with van der Waals surface area (Å²) in [7, 11) is 0. The average Bonchev–Trinajstić information content (AvgIpc) is 2.37. The van der Waals surface area contributed by atoms with Gasteiger partial charge >= 0.3 is 0 Å². The van der Waals surface area contributed by atoms with Gasteiger partial charge in [-0.25, -0.2) is 13.2 Å². The van der Waals surface area contributed by atoms with E-state index in [9.17, 15) is 18.3 Å². The van der Waals surface area contributed by atoms with Gasteiger partial charge in [0.1, 0.15) is 23.6 Å². The van der Waals surface area contributed by atoms with Gasteiger partial charge in [-0.15, -0.1) is 0 Å². The van der Waals surface area contributed by atoms with Gasteiger partial charge in [0.15, 0.2) is 0 Å². The van der Waals surface area contributed by atoms with E-state index in [0.29, 0.717) is 10.2 Å². The van der Waals surface area contributed by atoms with E-state index in [-0.39, 0.29) is 6.54 Å². The van der Waals surface area contributed by atoms with Gasteiger partial charge in [-0.05, 0) is 46.3 Å². The standard InChI is InChI=1S/C14H11BrF3NO/c15-9-6-8(16)4-5-12(9)19-7-13(20)14-10(17)2-1-3-11(14)18/h1-6,13,19-20H,7H2. The van der Waals surface area contributed by atoms with Crippen molar-refractivity contribution < 1.29 is 18.3 Å². The molecule has 0 spiro atoms. The first-order valence-electron chi connectivity index (χ1n) is 5.80. The Labute approximate surface area is 122 Å². The van der Waals surface area contributed by atoms with Crippen molar-refractivity contribution in [3.63, 3.8) is 0 Å². The number of aliphatic hydroxyl groups excluding tert-OH is 1. The van der Waals surface area contributed by atoms with Crippen LogP contribution in [0.5, 0.6) is 0 Å². The monoisotopic (exact) mass is 345 g/mol. The molecule has 2 N–H and O–H groups in total. The van der Waals surface area contributed by atoms with E-state index in [0.717, 1.165) is 12.1 Å². The minimum absolute atomic E-state index is 0.109. The van der Waals surface area contributed by atoms with Gasteiger partial charge in [-0.3, -0.25) is 0 Å². The minimum Gasteiger partial charge on any atom is -0.386 e. The summed E-state index contributed by atoms with van der Waals surface area (Å²) in [6, 6.07) is 7.33. The van der Waals surface area contributed by atoms with Crippen LogP contribution in [0.4, 0.5) is 18.9 Å². The third-order valence-electron chi connectivity index (χ3n) is 2.75. The lowest BCUT2D eigenvalue weighted by molar-refractivity contribution is 0.181. The second-order valence-corrected chi connectivity index (χ2v) is 5.01. The normalized spacial score (nSPS) is 12.2. The molecule has 1 unspecified atom stereocenters. The van der Waals surface area contributed by atoms with Gasteiger partial charge in [-0.1, -0.05) is 6.07 Å². The summed E-state index contributed by atoms with van der Waals surface area (Å²) in [5.74, 6) is -2.03. The van der Waals surface area contributed by atoms with Gasteiger partial charge in [0.25, 0.3) is 0 Å². The van der Waals surface area contributed by atoms with Gasteiger partial charge < -0.3 is 10.4 Å². The zero-order valence-electron chi connectivity index (χ0n) is 10.2. The molecule has 6 heteroatoms. The summed E-state index contributed by atoms with van der Waals surface area (Å²) in [4.78, 5) is 0. The van der Waals surface area contributed by atoms with Crippen molar-refractivity contribution in [1.82, 2.24) is 0 Å². The Morgan fingerprint density at radius 1 is 1.10 bits per heavy atom. The van der Waals surface area contributed by atoms with Crippen molar-refractivity contribution in [2.45, 2.75) is 6.10 Å². The molecule has 2 rings (SSSR count). The third-order valence-corrected chi connectivity index (χ3v) is 3.41. The molecule has 0 radical (unpaired) electrons. The highest BCUT2D eigenvalue weighted by Crippen LogP contribution is 2.25. The van der Waals surface area contributed by atoms with E-state index in [4.69, 9.17) is 0 Å². The summed E-state index contributed by atoms with van der Waals surface area (Å²) in [6.45, 7) is -0.109. The maximum Gasteiger partial charge on any atom is 0.132 e. The van der Waals surface area contributed by atoms with Crippen LogP contribution in [0, 0.1) is 17.5 Å². The molecular weight excluding hydrogens is 335 g/mol. The number of hydrogen-bond donors (Lipinski definition) is 2. The summed E-state index contributed by atoms with van der Waals surface area (Å²) < 4.78 is 40.3. The Balaban J connectivity index is 2.11. The Morgan fingerprint density at radius 2 is 1.75 bits per heavy atom. The first-order chi connectivity index (χ1) is 9.49. The summed E-state index contributed by atoms with van der Waals surface area (Å²) in [6.07, 6.45) is -1.35. The van der Waals surface area contributed by atoms with Crippen molar-refractivity contribution in [3.05, 3.63) is 63.9 Å². The van der Waals surface area contributed by atoms with E-state index >= 15 is 0 Å². The van der Waals surface area contributed by atoms with Gasteiger partial charge in [0.2, 0.25) is 0 Å². The van der Waals surface area contributed by atoms with Crippen LogP contribution in [0.2, 0.25) is 0 Å². The smallest absolute Gasteiger partial charge is 0.132 e. The summed E-state index contributed by atoms with van der Waals surface area (Å²) in [5, 5.41) is 12.7. The quantitative estimate of drug-likeness (QED) is 0.877. The number of hydrogen-bond acceptors (Lipinski definition) is 2. The molecule has 0 aliphatic carbocycles. The molecule has 0 aromatic heterocycles. The fourth-order valence-electron chi connectivity index (χ4n) is 1.77. The SMILES string of the molecule is OC(CNc1ccc(F)cc1Br)c1c(F)cccc1F. The Morgan fingerprint density at radius 3 is 2.35 bits per heavy atom. The number of benzene rings is 2. The van der Waals surface area contributed by atoms with Crippen LogP contribution < -0.4 is 5.32 Å². The van der Waals surface area contributed by atoms with Crippen LogP contribution in [0.25, 0.3) is 0 Å². The largest absolute Gasteiger partial charge is 0.386 e. The average molecular weight is 346 g/mol. The highest BCUT2D eigenvalue weighted by atomic mass is 79.9. The third kappa shape index (κ3) is 3.32. The van der Waals surface area contributed by atoms with Crippen molar-refractivity contribution >= 4 is 21.6 Å². The molecule has 20 heavy (non-hydrogen) atoms. The number of halogens is 4. The molecule has 1 atom stereocenters. The minimum atomic E-state index is -1.35. The van der Waals surface area contributed by atoms with E-state index in [1.54, 1.807) is 0 Å². The van der Waals surface area contributed by atoms with E-state index in [2.05, 4.69) is 21.2 Å². The molecule has 2 nitrogen and oxygen atoms in total. The number of anilines is 1. The second kappa shape index (κ2) is 6.28. The first kappa shape index (κ1) is 14.9. The fourth-order valence-corrected chi connectivity index (χ4v) is 2.26. The summed E-state index contributed by atoms with van der Waals surface area (Å²) in [5.41, 5.74) is 0.125. The fraction of sp³-hybridized carbons (Fsp3) is 0.143. The predicted octanol–water partition coefficient (Wildman–Crippen LogP) is 4.01. The zero-order valence-corrected chi connectivity index (χ0v) is 11.8. The number of rotatable bonds is 4. The Kier molecular flexibility index (Phi) is 4.67. The number of aliphatic hydroxyl groups is 1. The van der Waals surface area contributed by atoms with Crippen LogP contribution in [0.15, 0.2) is 40.9 Å². The lowest BCUT2D eigenvalue weighted by Gasteiger charge is -2.15. The highest BCUT2D eigenvalue weighted by Gasteiger charge is 2.17. The first-order valence-corrected chi connectivity index (χ1v) is 6.59. The Hall–Kier alpha value is -1.53. The van der Waals surface area contributed by atoms with Crippen LogP contribution in [-0.2, 0) is 0 Å². The molecule has 0 amide bonds. The topological polar surface area (TPSA) is 32.3 Å². The summed E-state index contributed by atoms with van der Waals surface area (Å²) >= 11 is 3.15. The van der Waals surface area contributed by atoms with E-state index in [1.807, 2.05) is 0 Å². The zero-order chi connectivity index (χ0) is 14.7. The molecular formula is C14H11BrF3NO. The van der Waals surface area contributed by atoms with Crippen LogP contribution in [-0.4, -0.2) is 11.7 Å². The van der Waals surface area contributed by atoms with Crippen molar-refractivity contribution in [1.29, 1.82) is 0 Å². The van der Waals surface area contributed by atoms with E-state index in [1.165, 1.54) is 24.3 Å². The van der Waals surface area contributed by atoms with Crippen molar-refractivity contribution in [2.75, 3.05) is 11.9 Å². The van der Waals surface area contributed by atoms with Crippen molar-refractivity contribution in [3.8, 4) is 0 Å². The Bertz CT molecular complexity index is 601. The molecule has 0 fully saturated rings. The molecule has 0 aliphatic heterocycles. The molecule has 0 saturated heterocycles. The molecule has 106 valence electrons. The van der Waals surface area contributed by atoms with Gasteiger partial charge in [0.05, 0.1) is 5.56 Å². The van der Waals surface area contributed by atoms with Gasteiger partial charge in [-0.2, -0.15) is 0 Å². The van der Waals surface area contributed by atoms with Crippen LogP contribution in [0.3, 0.4) is 0 Å². The lowest BCUT2D eigenvalue weighted by atomic mass is 10.1. The predicted molar refractivity (Wildman–Crippen MR) is 73.9 cm³/mol. The molecule has 0 saturated carbocycles.